The van der Waals surface area contributed by atoms with E-state index in [1.165, 1.54) is 0 Å². The minimum Gasteiger partial charge on any atom is -0.388 e. The molecule has 4 atom stereocenters. The van der Waals surface area contributed by atoms with E-state index in [2.05, 4.69) is 13.8 Å². The highest BCUT2D eigenvalue weighted by molar-refractivity contribution is 5.76. The number of urea groups is 1. The van der Waals surface area contributed by atoms with Gasteiger partial charge in [0, 0.05) is 13.1 Å². The Morgan fingerprint density at radius 1 is 0.611 bits per heavy atom. The second-order valence-corrected chi connectivity index (χ2v) is 10.3. The molecule has 5 nitrogen and oxygen atoms in total. The molecule has 1 aliphatic heterocycles. The van der Waals surface area contributed by atoms with Crippen molar-refractivity contribution in [1.82, 2.24) is 9.80 Å². The molecule has 2 amide bonds. The SMILES string of the molecule is CCCCCCN1C(=O)N(CCCCCC)C(Cc2ccccc2)C(O)C(O)C1Cc1ccccc1. The molecule has 2 aromatic rings. The first kappa shape index (κ1) is 28.2. The molecule has 0 radical (unpaired) electrons. The number of carbonyl (C=O) groups is 1. The highest BCUT2D eigenvalue weighted by Crippen LogP contribution is 2.28. The predicted molar refractivity (Wildman–Crippen MR) is 147 cm³/mol. The minimum absolute atomic E-state index is 0.0412. The molecule has 36 heavy (non-hydrogen) atoms. The van der Waals surface area contributed by atoms with Crippen LogP contribution in [-0.2, 0) is 12.8 Å². The lowest BCUT2D eigenvalue weighted by atomic mass is 9.91. The number of aliphatic hydroxyl groups is 2. The number of hydrogen-bond donors (Lipinski definition) is 2. The second kappa shape index (κ2) is 15.0. The van der Waals surface area contributed by atoms with Crippen molar-refractivity contribution in [3.05, 3.63) is 71.8 Å². The quantitative estimate of drug-likeness (QED) is 0.325. The van der Waals surface area contributed by atoms with Crippen molar-refractivity contribution in [2.45, 2.75) is 102 Å². The summed E-state index contributed by atoms with van der Waals surface area (Å²) < 4.78 is 0. The lowest BCUT2D eigenvalue weighted by Crippen LogP contribution is -2.51. The maximum absolute atomic E-state index is 14.2. The fourth-order valence-corrected chi connectivity index (χ4v) is 5.39. The fraction of sp³-hybridized carbons (Fsp3) is 0.581. The van der Waals surface area contributed by atoms with Gasteiger partial charge < -0.3 is 20.0 Å². The Bertz CT molecular complexity index is 804. The van der Waals surface area contributed by atoms with Crippen LogP contribution < -0.4 is 0 Å². The van der Waals surface area contributed by atoms with E-state index in [9.17, 15) is 15.0 Å². The maximum Gasteiger partial charge on any atom is 0.320 e. The normalized spacial score (nSPS) is 22.6. The molecule has 1 aliphatic rings. The Balaban J connectivity index is 1.93. The van der Waals surface area contributed by atoms with Crippen molar-refractivity contribution in [2.75, 3.05) is 13.1 Å². The fourth-order valence-electron chi connectivity index (χ4n) is 5.39. The lowest BCUT2D eigenvalue weighted by Gasteiger charge is -2.35. The average molecular weight is 495 g/mol. The van der Waals surface area contributed by atoms with Crippen LogP contribution in [0, 0.1) is 0 Å². The topological polar surface area (TPSA) is 64.0 Å². The number of unbranched alkanes of at least 4 members (excludes halogenated alkanes) is 6. The molecule has 0 aliphatic carbocycles. The van der Waals surface area contributed by atoms with Crippen LogP contribution in [0.1, 0.15) is 76.3 Å². The molecule has 1 fully saturated rings. The zero-order valence-corrected chi connectivity index (χ0v) is 22.3. The highest BCUT2D eigenvalue weighted by atomic mass is 16.3. The van der Waals surface area contributed by atoms with Crippen molar-refractivity contribution in [3.8, 4) is 0 Å². The van der Waals surface area contributed by atoms with Crippen LogP contribution in [-0.4, -0.2) is 63.4 Å². The van der Waals surface area contributed by atoms with Gasteiger partial charge in [-0.25, -0.2) is 4.79 Å². The van der Waals surface area contributed by atoms with Gasteiger partial charge in [0.1, 0.15) is 12.2 Å². The van der Waals surface area contributed by atoms with Crippen molar-refractivity contribution >= 4 is 6.03 Å². The van der Waals surface area contributed by atoms with Gasteiger partial charge in [-0.2, -0.15) is 0 Å². The van der Waals surface area contributed by atoms with Crippen molar-refractivity contribution in [2.24, 2.45) is 0 Å². The van der Waals surface area contributed by atoms with Crippen LogP contribution in [0.15, 0.2) is 60.7 Å². The lowest BCUT2D eigenvalue weighted by molar-refractivity contribution is -0.0396. The Morgan fingerprint density at radius 2 is 1.00 bits per heavy atom. The van der Waals surface area contributed by atoms with E-state index in [0.29, 0.717) is 25.9 Å². The van der Waals surface area contributed by atoms with Crippen LogP contribution in [0.5, 0.6) is 0 Å². The molecule has 2 aromatic carbocycles. The third-order valence-corrected chi connectivity index (χ3v) is 7.51. The number of hydrogen-bond acceptors (Lipinski definition) is 3. The van der Waals surface area contributed by atoms with E-state index in [0.717, 1.165) is 62.5 Å². The summed E-state index contributed by atoms with van der Waals surface area (Å²) in [5.41, 5.74) is 2.13. The maximum atomic E-state index is 14.2. The third-order valence-electron chi connectivity index (χ3n) is 7.51. The Hall–Kier alpha value is -2.37. The molecular formula is C31H46N2O3. The van der Waals surface area contributed by atoms with Gasteiger partial charge in [0.05, 0.1) is 12.1 Å². The zero-order valence-electron chi connectivity index (χ0n) is 22.3. The number of carbonyl (C=O) groups excluding carboxylic acids is 1. The molecule has 3 rings (SSSR count). The summed E-state index contributed by atoms with van der Waals surface area (Å²) >= 11 is 0. The monoisotopic (exact) mass is 494 g/mol. The molecule has 4 unspecified atom stereocenters. The summed E-state index contributed by atoms with van der Waals surface area (Å²) in [5, 5.41) is 23.1. The molecule has 1 saturated heterocycles. The average Bonchev–Trinajstić information content (AvgIpc) is 2.96. The first-order valence-corrected chi connectivity index (χ1v) is 14.1. The van der Waals surface area contributed by atoms with E-state index in [1.54, 1.807) is 0 Å². The van der Waals surface area contributed by atoms with Crippen LogP contribution in [0.2, 0.25) is 0 Å². The standard InChI is InChI=1S/C31H46N2O3/c1-3-5-7-15-21-32-27(23-25-17-11-9-12-18-25)29(34)30(35)28(24-26-19-13-10-14-20-26)33(31(32)36)22-16-8-6-4-2/h9-14,17-20,27-30,34-35H,3-8,15-16,21-24H2,1-2H3. The third kappa shape index (κ3) is 7.81. The van der Waals surface area contributed by atoms with Crippen molar-refractivity contribution in [1.29, 1.82) is 0 Å². The summed E-state index contributed by atoms with van der Waals surface area (Å²) in [5.74, 6) is 0. The summed E-state index contributed by atoms with van der Waals surface area (Å²) in [6.07, 6.45) is 7.46. The van der Waals surface area contributed by atoms with Gasteiger partial charge >= 0.3 is 6.03 Å². The van der Waals surface area contributed by atoms with E-state index in [4.69, 9.17) is 0 Å². The van der Waals surface area contributed by atoms with E-state index in [1.807, 2.05) is 70.5 Å². The van der Waals surface area contributed by atoms with Gasteiger partial charge in [-0.15, -0.1) is 0 Å². The van der Waals surface area contributed by atoms with Crippen LogP contribution >= 0.6 is 0 Å². The summed E-state index contributed by atoms with van der Waals surface area (Å²) in [7, 11) is 0. The molecule has 0 bridgehead atoms. The molecule has 0 aromatic heterocycles. The highest BCUT2D eigenvalue weighted by Gasteiger charge is 2.45. The largest absolute Gasteiger partial charge is 0.388 e. The number of nitrogens with zero attached hydrogens (tertiary/aromatic N) is 2. The number of amides is 2. The molecule has 0 spiro atoms. The number of benzene rings is 2. The molecule has 5 heteroatoms. The molecule has 198 valence electrons. The summed E-state index contributed by atoms with van der Waals surface area (Å²) in [6, 6.07) is 19.1. The molecular weight excluding hydrogens is 448 g/mol. The minimum atomic E-state index is -1.02. The van der Waals surface area contributed by atoms with Gasteiger partial charge in [0.15, 0.2) is 0 Å². The van der Waals surface area contributed by atoms with Gasteiger partial charge in [-0.3, -0.25) is 0 Å². The van der Waals surface area contributed by atoms with Crippen molar-refractivity contribution in [3.63, 3.8) is 0 Å². The molecule has 2 N–H and O–H groups in total. The Kier molecular flexibility index (Phi) is 11.8. The van der Waals surface area contributed by atoms with E-state index >= 15 is 0 Å². The van der Waals surface area contributed by atoms with Gasteiger partial charge in [0.25, 0.3) is 0 Å². The van der Waals surface area contributed by atoms with E-state index in [-0.39, 0.29) is 6.03 Å². The molecule has 0 saturated carbocycles. The zero-order chi connectivity index (χ0) is 25.8. The Morgan fingerprint density at radius 3 is 1.36 bits per heavy atom. The van der Waals surface area contributed by atoms with Crippen LogP contribution in [0.4, 0.5) is 4.79 Å². The smallest absolute Gasteiger partial charge is 0.320 e. The van der Waals surface area contributed by atoms with Crippen LogP contribution in [0.25, 0.3) is 0 Å². The second-order valence-electron chi connectivity index (χ2n) is 10.3. The van der Waals surface area contributed by atoms with Crippen molar-refractivity contribution < 1.29 is 15.0 Å². The van der Waals surface area contributed by atoms with Crippen LogP contribution in [0.3, 0.4) is 0 Å². The van der Waals surface area contributed by atoms with E-state index < -0.39 is 24.3 Å². The van der Waals surface area contributed by atoms with Gasteiger partial charge in [-0.1, -0.05) is 113 Å². The molecule has 1 heterocycles. The summed E-state index contributed by atoms with van der Waals surface area (Å²) in [4.78, 5) is 17.9. The Labute approximate surface area is 218 Å². The first-order valence-electron chi connectivity index (χ1n) is 14.1. The number of aliphatic hydroxyl groups excluding tert-OH is 2. The number of rotatable bonds is 14. The first-order chi connectivity index (χ1) is 17.6. The van der Waals surface area contributed by atoms with Gasteiger partial charge in [0.2, 0.25) is 0 Å². The summed E-state index contributed by atoms with van der Waals surface area (Å²) in [6.45, 7) is 5.57. The predicted octanol–water partition coefficient (Wildman–Crippen LogP) is 5.83. The van der Waals surface area contributed by atoms with Gasteiger partial charge in [-0.05, 0) is 36.8 Å².